The van der Waals surface area contributed by atoms with Crippen LogP contribution in [0.3, 0.4) is 0 Å². The first-order valence-electron chi connectivity index (χ1n) is 2.88. The summed E-state index contributed by atoms with van der Waals surface area (Å²) in [5, 5.41) is 0. The first-order chi connectivity index (χ1) is 4.22. The van der Waals surface area contributed by atoms with E-state index in [0.717, 1.165) is 7.41 Å². The Morgan fingerprint density at radius 1 is 1.78 bits per heavy atom. The van der Waals surface area contributed by atoms with Crippen LogP contribution in [0.2, 0.25) is 13.6 Å². The smallest absolute Gasteiger partial charge is 0.229 e. The summed E-state index contributed by atoms with van der Waals surface area (Å²) in [6.07, 6.45) is 0. The van der Waals surface area contributed by atoms with Crippen molar-refractivity contribution in [2.75, 3.05) is 0 Å². The zero-order chi connectivity index (χ0) is 7.28. The van der Waals surface area contributed by atoms with E-state index in [-0.39, 0.29) is 0 Å². The normalized spacial score (nSPS) is 9.33. The first kappa shape index (κ1) is 9.91. The molecule has 0 aromatic heterocycles. The van der Waals surface area contributed by atoms with Crippen LogP contribution in [-0.4, -0.2) is 18.4 Å². The Morgan fingerprint density at radius 2 is 2.33 bits per heavy atom. The summed E-state index contributed by atoms with van der Waals surface area (Å²) in [6, 6.07) is 0. The molecule has 0 saturated heterocycles. The van der Waals surface area contributed by atoms with E-state index in [4.69, 9.17) is 0 Å². The van der Waals surface area contributed by atoms with Crippen molar-refractivity contribution in [1.82, 2.24) is 4.13 Å². The van der Waals surface area contributed by atoms with Crippen molar-refractivity contribution in [1.29, 1.82) is 0 Å². The fourth-order valence-electron chi connectivity index (χ4n) is 0.446. The maximum absolute atomic E-state index is 3.67. The summed E-state index contributed by atoms with van der Waals surface area (Å²) in [5.74, 6) is 1.92. The third-order valence-corrected chi connectivity index (χ3v) is 3.24. The van der Waals surface area contributed by atoms with Gasteiger partial charge in [-0.25, -0.2) is 0 Å². The van der Waals surface area contributed by atoms with E-state index in [1.54, 1.807) is 9.12 Å². The lowest BCUT2D eigenvalue weighted by atomic mass is 9.63. The zero-order valence-corrected chi connectivity index (χ0v) is 8.78. The second-order valence-corrected chi connectivity index (χ2v) is 3.84. The van der Waals surface area contributed by atoms with Gasteiger partial charge in [-0.15, -0.1) is 12.6 Å². The van der Waals surface area contributed by atoms with E-state index in [0.29, 0.717) is 6.85 Å². The third kappa shape index (κ3) is 4.33. The van der Waals surface area contributed by atoms with Crippen molar-refractivity contribution in [3.05, 3.63) is 12.6 Å². The summed E-state index contributed by atoms with van der Waals surface area (Å²) in [5.41, 5.74) is 0. The maximum Gasteiger partial charge on any atom is 0.229 e. The minimum absolute atomic E-state index is 0.602. The number of halogens is 1. The van der Waals surface area contributed by atoms with Gasteiger partial charge < -0.3 is 4.13 Å². The van der Waals surface area contributed by atoms with Crippen LogP contribution in [-0.2, 0) is 0 Å². The molecular weight excluding hydrogens is 243 g/mol. The number of hydrogen-bond donors (Lipinski definition) is 0. The summed E-state index contributed by atoms with van der Waals surface area (Å²) >= 11 is 2.28. The Bertz CT molecular complexity index is 90.6. The Labute approximate surface area is 74.7 Å². The van der Waals surface area contributed by atoms with E-state index in [2.05, 4.69) is 45.6 Å². The van der Waals surface area contributed by atoms with Crippen LogP contribution >= 0.6 is 30.3 Å². The molecule has 0 saturated carbocycles. The number of rotatable bonds is 4. The summed E-state index contributed by atoms with van der Waals surface area (Å²) in [6.45, 7) is 8.63. The molecule has 0 fully saturated rings. The third-order valence-electron chi connectivity index (χ3n) is 0.974. The average Bonchev–Trinajstić information content (AvgIpc) is 1.82. The molecule has 50 valence electrons. The molecule has 5 heteroatoms. The zero-order valence-electron chi connectivity index (χ0n) is 5.80. The van der Waals surface area contributed by atoms with Crippen molar-refractivity contribution >= 4 is 44.6 Å². The second-order valence-electron chi connectivity index (χ2n) is 2.05. The van der Waals surface area contributed by atoms with Gasteiger partial charge >= 0.3 is 0 Å². The van der Waals surface area contributed by atoms with Gasteiger partial charge in [0, 0.05) is 21.2 Å². The SMILES string of the molecule is C=CBN(SI)B(C)C. The summed E-state index contributed by atoms with van der Waals surface area (Å²) in [7, 11) is 2.70. The topological polar surface area (TPSA) is 3.24 Å². The predicted octanol–water partition coefficient (Wildman–Crippen LogP) is 2.03. The molecule has 0 aromatic rings. The standard InChI is InChI=1S/C4H10B2INS/c1-4-5-8(9-7)6(2)3/h4-5H,1H2,2-3H3. The highest BCUT2D eigenvalue weighted by Crippen LogP contribution is 2.18. The molecule has 1 nitrogen and oxygen atoms in total. The Kier molecular flexibility index (Phi) is 6.25. The molecule has 0 spiro atoms. The van der Waals surface area contributed by atoms with E-state index in [1.165, 1.54) is 0 Å². The molecule has 0 amide bonds. The molecule has 0 aliphatic rings. The highest BCUT2D eigenvalue weighted by molar-refractivity contribution is 14.2. The van der Waals surface area contributed by atoms with Gasteiger partial charge in [0.1, 0.15) is 0 Å². The lowest BCUT2D eigenvalue weighted by Gasteiger charge is -2.16. The van der Waals surface area contributed by atoms with E-state index in [9.17, 15) is 0 Å². The van der Waals surface area contributed by atoms with Crippen LogP contribution in [0.5, 0.6) is 0 Å². The second kappa shape index (κ2) is 5.68. The number of hydrogen-bond acceptors (Lipinski definition) is 2. The number of nitrogens with zero attached hydrogens (tertiary/aromatic N) is 1. The lowest BCUT2D eigenvalue weighted by molar-refractivity contribution is 1.14. The molecule has 0 rings (SSSR count). The molecule has 0 atom stereocenters. The van der Waals surface area contributed by atoms with E-state index >= 15 is 0 Å². The molecule has 0 aliphatic heterocycles. The van der Waals surface area contributed by atoms with E-state index < -0.39 is 0 Å². The first-order valence-corrected chi connectivity index (χ1v) is 6.20. The van der Waals surface area contributed by atoms with Gasteiger partial charge in [0.2, 0.25) is 14.3 Å². The molecular formula is C4H10B2INS. The Balaban J connectivity index is 3.53. The van der Waals surface area contributed by atoms with Crippen LogP contribution in [0.4, 0.5) is 0 Å². The van der Waals surface area contributed by atoms with Crippen molar-refractivity contribution in [3.63, 3.8) is 0 Å². The Hall–Kier alpha value is 0.910. The molecule has 0 aromatic carbocycles. The maximum atomic E-state index is 3.67. The summed E-state index contributed by atoms with van der Waals surface area (Å²) in [4.78, 5) is 0. The Morgan fingerprint density at radius 3 is 2.44 bits per heavy atom. The average molecular weight is 253 g/mol. The monoisotopic (exact) mass is 253 g/mol. The molecule has 0 bridgehead atoms. The highest BCUT2D eigenvalue weighted by Gasteiger charge is 2.09. The van der Waals surface area contributed by atoms with E-state index in [1.807, 2.05) is 5.98 Å². The highest BCUT2D eigenvalue weighted by atomic mass is 127. The summed E-state index contributed by atoms with van der Waals surface area (Å²) < 4.78 is 2.26. The quantitative estimate of drug-likeness (QED) is 0.428. The van der Waals surface area contributed by atoms with Crippen LogP contribution in [0.25, 0.3) is 0 Å². The molecule has 0 heterocycles. The van der Waals surface area contributed by atoms with Crippen molar-refractivity contribution < 1.29 is 0 Å². The minimum Gasteiger partial charge on any atom is -0.319 e. The van der Waals surface area contributed by atoms with Gasteiger partial charge in [-0.05, 0) is 9.12 Å². The van der Waals surface area contributed by atoms with Gasteiger partial charge in [-0.2, -0.15) is 0 Å². The van der Waals surface area contributed by atoms with Crippen molar-refractivity contribution in [2.45, 2.75) is 13.6 Å². The van der Waals surface area contributed by atoms with Crippen LogP contribution in [0.15, 0.2) is 12.6 Å². The van der Waals surface area contributed by atoms with Gasteiger partial charge in [-0.1, -0.05) is 13.6 Å². The molecule has 0 unspecified atom stereocenters. The van der Waals surface area contributed by atoms with Gasteiger partial charge in [0.15, 0.2) is 0 Å². The molecule has 9 heavy (non-hydrogen) atoms. The van der Waals surface area contributed by atoms with Gasteiger partial charge in [0.25, 0.3) is 0 Å². The van der Waals surface area contributed by atoms with Gasteiger partial charge in [-0.3, -0.25) is 0 Å². The fraction of sp³-hybridized carbons (Fsp3) is 0.500. The van der Waals surface area contributed by atoms with Crippen LogP contribution < -0.4 is 0 Å². The largest absolute Gasteiger partial charge is 0.319 e. The van der Waals surface area contributed by atoms with Crippen LogP contribution in [0.1, 0.15) is 0 Å². The van der Waals surface area contributed by atoms with Crippen LogP contribution in [0, 0.1) is 0 Å². The predicted molar refractivity (Wildman–Crippen MR) is 58.3 cm³/mol. The lowest BCUT2D eigenvalue weighted by Crippen LogP contribution is -2.29. The van der Waals surface area contributed by atoms with Crippen molar-refractivity contribution in [2.24, 2.45) is 0 Å². The molecule has 0 N–H and O–H groups in total. The van der Waals surface area contributed by atoms with Gasteiger partial charge in [0.05, 0.1) is 0 Å². The fourth-order valence-corrected chi connectivity index (χ4v) is 2.61. The minimum atomic E-state index is 0.602. The molecule has 0 aliphatic carbocycles. The van der Waals surface area contributed by atoms with Crippen molar-refractivity contribution in [3.8, 4) is 0 Å². The molecule has 0 radical (unpaired) electrons.